The maximum Gasteiger partial charge on any atom is 0.336 e. The van der Waals surface area contributed by atoms with Crippen molar-refractivity contribution in [1.29, 1.82) is 0 Å². The molecule has 1 aliphatic rings. The molecule has 1 aromatic heterocycles. The molecule has 40 heavy (non-hydrogen) atoms. The summed E-state index contributed by atoms with van der Waals surface area (Å²) in [6, 6.07) is 7.49. The van der Waals surface area contributed by atoms with E-state index in [4.69, 9.17) is 28.1 Å². The Morgan fingerprint density at radius 1 is 0.825 bits per heavy atom. The van der Waals surface area contributed by atoms with E-state index < -0.39 is 0 Å². The Hall–Kier alpha value is -3.39. The van der Waals surface area contributed by atoms with E-state index >= 15 is 0 Å². The van der Waals surface area contributed by atoms with E-state index in [0.717, 1.165) is 73.8 Å². The van der Waals surface area contributed by atoms with Crippen LogP contribution in [0.4, 0.5) is 0 Å². The maximum atomic E-state index is 13.0. The molecule has 0 radical (unpaired) electrons. The number of rotatable bonds is 14. The van der Waals surface area contributed by atoms with Gasteiger partial charge in [-0.25, -0.2) is 4.79 Å². The van der Waals surface area contributed by atoms with Crippen LogP contribution in [0.2, 0.25) is 0 Å². The molecule has 2 heterocycles. The summed E-state index contributed by atoms with van der Waals surface area (Å²) in [5.74, 6) is 2.73. The summed E-state index contributed by atoms with van der Waals surface area (Å²) in [6.07, 6.45) is 7.11. The third kappa shape index (κ3) is 6.17. The second-order valence-electron chi connectivity index (χ2n) is 10.3. The number of fused-ring (bicyclic) bond motifs is 1. The highest BCUT2D eigenvalue weighted by atomic mass is 16.5. The minimum Gasteiger partial charge on any atom is -0.496 e. The van der Waals surface area contributed by atoms with Crippen LogP contribution < -0.4 is 29.3 Å². The molecule has 4 rings (SSSR count). The number of benzene rings is 2. The van der Waals surface area contributed by atoms with E-state index in [2.05, 4.69) is 11.8 Å². The summed E-state index contributed by atoms with van der Waals surface area (Å²) in [7, 11) is 8.11. The molecule has 0 amide bonds. The predicted octanol–water partition coefficient (Wildman–Crippen LogP) is 6.19. The van der Waals surface area contributed by atoms with Crippen molar-refractivity contribution >= 4 is 11.0 Å². The minimum absolute atomic E-state index is 0.188. The maximum absolute atomic E-state index is 13.0. The summed E-state index contributed by atoms with van der Waals surface area (Å²) in [5, 5.41) is 0.826. The number of hydrogen-bond acceptors (Lipinski definition) is 8. The molecule has 1 fully saturated rings. The second kappa shape index (κ2) is 13.8. The average Bonchev–Trinajstić information content (AvgIpc) is 3.50. The number of likely N-dealkylation sites (tertiary alicyclic amines) is 1. The SMILES string of the molecule is CCCCCc1cc(=O)oc2c([C@H](CCN3CCCC3)c3cc(OC)c(OC)c(OC)c3)c(OC)cc(OC)c12. The van der Waals surface area contributed by atoms with Gasteiger partial charge in [-0.2, -0.15) is 0 Å². The zero-order valence-corrected chi connectivity index (χ0v) is 24.8. The standard InChI is InChI=1S/C32H43NO7/c1-7-8-9-12-21-19-28(34)40-32-29(21)24(35-2)20-25(36-3)30(32)23(13-16-33-14-10-11-15-33)22-17-26(37-4)31(39-6)27(18-22)38-5/h17-20,23H,7-16H2,1-6H3/t23-/m1/s1. The Morgan fingerprint density at radius 3 is 2.05 bits per heavy atom. The number of methoxy groups -OCH3 is 5. The molecule has 0 aliphatic carbocycles. The van der Waals surface area contributed by atoms with Crippen molar-refractivity contribution in [3.8, 4) is 28.7 Å². The molecule has 1 saturated heterocycles. The summed E-state index contributed by atoms with van der Waals surface area (Å²) in [5.41, 5.74) is 2.84. The molecule has 0 bridgehead atoms. The summed E-state index contributed by atoms with van der Waals surface area (Å²) in [4.78, 5) is 15.5. The fraction of sp³-hybridized carbons (Fsp3) is 0.531. The largest absolute Gasteiger partial charge is 0.496 e. The Morgan fingerprint density at radius 2 is 1.48 bits per heavy atom. The lowest BCUT2D eigenvalue weighted by Crippen LogP contribution is -2.23. The van der Waals surface area contributed by atoms with E-state index in [1.54, 1.807) is 41.6 Å². The summed E-state index contributed by atoms with van der Waals surface area (Å²) in [6.45, 7) is 5.22. The third-order valence-corrected chi connectivity index (χ3v) is 7.92. The smallest absolute Gasteiger partial charge is 0.336 e. The molecule has 3 aromatic rings. The fourth-order valence-corrected chi connectivity index (χ4v) is 5.90. The molecule has 8 nitrogen and oxygen atoms in total. The Kier molecular flexibility index (Phi) is 10.2. The van der Waals surface area contributed by atoms with Gasteiger partial charge in [-0.1, -0.05) is 19.8 Å². The summed E-state index contributed by atoms with van der Waals surface area (Å²) >= 11 is 0. The average molecular weight is 554 g/mol. The van der Waals surface area contributed by atoms with Gasteiger partial charge in [0.2, 0.25) is 5.75 Å². The normalized spacial score (nSPS) is 14.3. The van der Waals surface area contributed by atoms with E-state index in [1.165, 1.54) is 12.8 Å². The van der Waals surface area contributed by atoms with Crippen LogP contribution in [0, 0.1) is 0 Å². The molecule has 1 atom stereocenters. The van der Waals surface area contributed by atoms with Crippen molar-refractivity contribution in [1.82, 2.24) is 4.90 Å². The molecule has 8 heteroatoms. The monoisotopic (exact) mass is 553 g/mol. The topological polar surface area (TPSA) is 79.6 Å². The van der Waals surface area contributed by atoms with Gasteiger partial charge in [0.05, 0.1) is 40.9 Å². The van der Waals surface area contributed by atoms with Gasteiger partial charge < -0.3 is 33.0 Å². The molecule has 1 aliphatic heterocycles. The Labute approximate surface area is 237 Å². The zero-order valence-electron chi connectivity index (χ0n) is 24.8. The van der Waals surface area contributed by atoms with E-state index in [9.17, 15) is 4.79 Å². The Balaban J connectivity index is 1.99. The number of aryl methyl sites for hydroxylation is 1. The van der Waals surface area contributed by atoms with Crippen LogP contribution in [0.5, 0.6) is 28.7 Å². The second-order valence-corrected chi connectivity index (χ2v) is 10.3. The quantitative estimate of drug-likeness (QED) is 0.173. The van der Waals surface area contributed by atoms with Crippen LogP contribution in [0.25, 0.3) is 11.0 Å². The molecule has 0 spiro atoms. The van der Waals surface area contributed by atoms with E-state index in [-0.39, 0.29) is 11.5 Å². The zero-order chi connectivity index (χ0) is 28.6. The Bertz CT molecular complexity index is 1320. The van der Waals surface area contributed by atoms with Crippen LogP contribution in [-0.2, 0) is 6.42 Å². The summed E-state index contributed by atoms with van der Waals surface area (Å²) < 4.78 is 34.9. The first-order valence-electron chi connectivity index (χ1n) is 14.2. The van der Waals surface area contributed by atoms with E-state index in [1.807, 2.05) is 18.2 Å². The molecule has 218 valence electrons. The van der Waals surface area contributed by atoms with Gasteiger partial charge in [-0.15, -0.1) is 0 Å². The number of nitrogens with zero attached hydrogens (tertiary/aromatic N) is 1. The molecule has 0 unspecified atom stereocenters. The van der Waals surface area contributed by atoms with Crippen LogP contribution in [-0.4, -0.2) is 60.1 Å². The number of unbranched alkanes of at least 4 members (excludes halogenated alkanes) is 2. The number of ether oxygens (including phenoxy) is 5. The first kappa shape index (κ1) is 29.6. The highest BCUT2D eigenvalue weighted by molar-refractivity contribution is 5.92. The highest BCUT2D eigenvalue weighted by Gasteiger charge is 2.29. The minimum atomic E-state index is -0.376. The molecule has 2 aromatic carbocycles. The van der Waals surface area contributed by atoms with Gasteiger partial charge in [0.15, 0.2) is 11.5 Å². The lowest BCUT2D eigenvalue weighted by molar-refractivity contribution is 0.318. The van der Waals surface area contributed by atoms with E-state index in [0.29, 0.717) is 34.3 Å². The van der Waals surface area contributed by atoms with Crippen molar-refractivity contribution in [2.75, 3.05) is 55.2 Å². The number of hydrogen-bond donors (Lipinski definition) is 0. The van der Waals surface area contributed by atoms with Gasteiger partial charge in [0.25, 0.3) is 0 Å². The van der Waals surface area contributed by atoms with Gasteiger partial charge in [0, 0.05) is 23.6 Å². The van der Waals surface area contributed by atoms with Crippen molar-refractivity contribution in [3.63, 3.8) is 0 Å². The predicted molar refractivity (Wildman–Crippen MR) is 157 cm³/mol. The van der Waals surface area contributed by atoms with Crippen LogP contribution in [0.15, 0.2) is 33.5 Å². The molecule has 0 saturated carbocycles. The van der Waals surface area contributed by atoms with Gasteiger partial charge >= 0.3 is 5.63 Å². The van der Waals surface area contributed by atoms with Crippen molar-refractivity contribution in [2.45, 2.75) is 57.8 Å². The van der Waals surface area contributed by atoms with Gasteiger partial charge in [-0.3, -0.25) is 0 Å². The first-order chi connectivity index (χ1) is 19.5. The lowest BCUT2D eigenvalue weighted by atomic mass is 9.85. The van der Waals surface area contributed by atoms with Crippen LogP contribution >= 0.6 is 0 Å². The van der Waals surface area contributed by atoms with Crippen LogP contribution in [0.3, 0.4) is 0 Å². The fourth-order valence-electron chi connectivity index (χ4n) is 5.90. The lowest BCUT2D eigenvalue weighted by Gasteiger charge is -2.26. The van der Waals surface area contributed by atoms with Crippen molar-refractivity contribution in [2.24, 2.45) is 0 Å². The highest BCUT2D eigenvalue weighted by Crippen LogP contribution is 2.47. The molecule has 0 N–H and O–H groups in total. The van der Waals surface area contributed by atoms with Crippen molar-refractivity contribution < 1.29 is 28.1 Å². The third-order valence-electron chi connectivity index (χ3n) is 7.92. The van der Waals surface area contributed by atoms with Gasteiger partial charge in [-0.05, 0) is 75.0 Å². The van der Waals surface area contributed by atoms with Crippen LogP contribution in [0.1, 0.15) is 68.1 Å². The molecular weight excluding hydrogens is 510 g/mol. The first-order valence-corrected chi connectivity index (χ1v) is 14.2. The molecular formula is C32H43NO7. The van der Waals surface area contributed by atoms with Crippen molar-refractivity contribution in [3.05, 3.63) is 51.4 Å². The van der Waals surface area contributed by atoms with Gasteiger partial charge in [0.1, 0.15) is 17.1 Å².